The van der Waals surface area contributed by atoms with Crippen LogP contribution in [0.25, 0.3) is 11.0 Å². The minimum atomic E-state index is 0.137. The van der Waals surface area contributed by atoms with Gasteiger partial charge in [0.2, 0.25) is 0 Å². The van der Waals surface area contributed by atoms with Gasteiger partial charge in [0.1, 0.15) is 0 Å². The highest BCUT2D eigenvalue weighted by Gasteiger charge is 2.10. The van der Waals surface area contributed by atoms with E-state index in [2.05, 4.69) is 15.4 Å². The number of aromatic nitrogens is 3. The molecule has 3 aromatic rings. The van der Waals surface area contributed by atoms with Gasteiger partial charge in [-0.15, -0.1) is 5.10 Å². The molecule has 0 amide bonds. The topological polar surface area (TPSA) is 71.0 Å². The Balaban J connectivity index is 2.06. The van der Waals surface area contributed by atoms with Crippen LogP contribution in [0, 0.1) is 6.92 Å². The summed E-state index contributed by atoms with van der Waals surface area (Å²) in [6.07, 6.45) is 0. The van der Waals surface area contributed by atoms with Gasteiger partial charge in [-0.05, 0) is 30.7 Å². The van der Waals surface area contributed by atoms with Crippen molar-refractivity contribution in [2.45, 2.75) is 6.92 Å². The van der Waals surface area contributed by atoms with E-state index in [1.807, 2.05) is 31.2 Å². The lowest BCUT2D eigenvalue weighted by Gasteiger charge is -2.09. The zero-order valence-corrected chi connectivity index (χ0v) is 9.71. The number of hydrogen-bond donors (Lipinski definition) is 2. The second-order valence-electron chi connectivity index (χ2n) is 3.99. The van der Waals surface area contributed by atoms with Gasteiger partial charge < -0.3 is 9.84 Å². The monoisotopic (exact) mass is 241 g/mol. The molecule has 90 valence electrons. The van der Waals surface area contributed by atoms with E-state index in [4.69, 9.17) is 4.74 Å². The molecule has 1 heterocycles. The molecule has 5 heteroatoms. The average molecular weight is 241 g/mol. The van der Waals surface area contributed by atoms with Crippen LogP contribution in [0.3, 0.4) is 0 Å². The number of fused-ring (bicyclic) bond motifs is 1. The van der Waals surface area contributed by atoms with E-state index in [-0.39, 0.29) is 5.75 Å². The Kier molecular flexibility index (Phi) is 2.37. The molecular formula is C13H11N3O2. The van der Waals surface area contributed by atoms with Gasteiger partial charge in [-0.2, -0.15) is 0 Å². The van der Waals surface area contributed by atoms with E-state index < -0.39 is 0 Å². The van der Waals surface area contributed by atoms with E-state index in [1.165, 1.54) is 0 Å². The molecule has 0 radical (unpaired) electrons. The zero-order chi connectivity index (χ0) is 12.5. The lowest BCUT2D eigenvalue weighted by molar-refractivity contribution is 0.410. The summed E-state index contributed by atoms with van der Waals surface area (Å²) in [5.74, 6) is 1.10. The molecule has 0 aliphatic carbocycles. The van der Waals surface area contributed by atoms with Crippen LogP contribution < -0.4 is 4.74 Å². The Morgan fingerprint density at radius 2 is 1.89 bits per heavy atom. The summed E-state index contributed by atoms with van der Waals surface area (Å²) in [7, 11) is 0. The second kappa shape index (κ2) is 4.03. The normalized spacial score (nSPS) is 10.7. The van der Waals surface area contributed by atoms with Crippen LogP contribution in [0.5, 0.6) is 17.2 Å². The van der Waals surface area contributed by atoms with E-state index in [1.54, 1.807) is 12.1 Å². The second-order valence-corrected chi connectivity index (χ2v) is 3.99. The first-order chi connectivity index (χ1) is 8.75. The molecule has 0 spiro atoms. The van der Waals surface area contributed by atoms with Crippen molar-refractivity contribution in [3.8, 4) is 17.2 Å². The number of phenolic OH excluding ortho intramolecular Hbond substituents is 1. The van der Waals surface area contributed by atoms with Crippen molar-refractivity contribution in [2.24, 2.45) is 0 Å². The van der Waals surface area contributed by atoms with Crippen molar-refractivity contribution in [2.75, 3.05) is 0 Å². The van der Waals surface area contributed by atoms with Gasteiger partial charge in [-0.3, -0.25) is 5.10 Å². The first-order valence-electron chi connectivity index (χ1n) is 5.52. The summed E-state index contributed by atoms with van der Waals surface area (Å²) in [5, 5.41) is 20.4. The highest BCUT2D eigenvalue weighted by Crippen LogP contribution is 2.34. The van der Waals surface area contributed by atoms with Crippen molar-refractivity contribution in [3.05, 3.63) is 42.0 Å². The highest BCUT2D eigenvalue weighted by atomic mass is 16.5. The summed E-state index contributed by atoms with van der Waals surface area (Å²) in [6, 6.07) is 10.8. The number of para-hydroxylation sites is 1. The van der Waals surface area contributed by atoms with E-state index in [9.17, 15) is 5.11 Å². The van der Waals surface area contributed by atoms with Crippen LogP contribution in [-0.4, -0.2) is 20.5 Å². The average Bonchev–Trinajstić information content (AvgIpc) is 2.84. The van der Waals surface area contributed by atoms with Crippen LogP contribution >= 0.6 is 0 Å². The van der Waals surface area contributed by atoms with Crippen LogP contribution in [0.2, 0.25) is 0 Å². The standard InChI is InChI=1S/C13H11N3O2/c1-8-4-2-7-11(13(8)17)18-10-6-3-5-9-12(10)15-16-14-9/h2-7,17H,1H3,(H,14,15,16). The highest BCUT2D eigenvalue weighted by molar-refractivity contribution is 5.80. The van der Waals surface area contributed by atoms with Crippen LogP contribution in [-0.2, 0) is 0 Å². The first kappa shape index (κ1) is 10.6. The number of H-pyrrole nitrogens is 1. The smallest absolute Gasteiger partial charge is 0.169 e. The number of ether oxygens (including phenoxy) is 1. The number of nitrogens with zero attached hydrogens (tertiary/aromatic N) is 2. The summed E-state index contributed by atoms with van der Waals surface area (Å²) in [6.45, 7) is 1.82. The number of rotatable bonds is 2. The maximum atomic E-state index is 9.91. The Morgan fingerprint density at radius 1 is 1.11 bits per heavy atom. The summed E-state index contributed by atoms with van der Waals surface area (Å²) in [5.41, 5.74) is 2.19. The SMILES string of the molecule is Cc1cccc(Oc2cccc3[nH]nnc23)c1O. The molecule has 0 saturated carbocycles. The largest absolute Gasteiger partial charge is 0.504 e. The lowest BCUT2D eigenvalue weighted by Crippen LogP contribution is -1.87. The van der Waals surface area contributed by atoms with Crippen molar-refractivity contribution < 1.29 is 9.84 Å². The predicted octanol–water partition coefficient (Wildman–Crippen LogP) is 2.76. The lowest BCUT2D eigenvalue weighted by atomic mass is 10.2. The van der Waals surface area contributed by atoms with Crippen LogP contribution in [0.1, 0.15) is 5.56 Å². The van der Waals surface area contributed by atoms with E-state index in [0.29, 0.717) is 17.0 Å². The van der Waals surface area contributed by atoms with Crippen LogP contribution in [0.4, 0.5) is 0 Å². The molecule has 3 rings (SSSR count). The van der Waals surface area contributed by atoms with Crippen molar-refractivity contribution in [1.29, 1.82) is 0 Å². The third-order valence-corrected chi connectivity index (χ3v) is 2.74. The molecule has 0 fully saturated rings. The minimum Gasteiger partial charge on any atom is -0.504 e. The molecule has 0 unspecified atom stereocenters. The molecular weight excluding hydrogens is 230 g/mol. The predicted molar refractivity (Wildman–Crippen MR) is 66.8 cm³/mol. The summed E-state index contributed by atoms with van der Waals surface area (Å²) in [4.78, 5) is 0. The molecule has 1 aromatic heterocycles. The van der Waals surface area contributed by atoms with Crippen molar-refractivity contribution in [3.63, 3.8) is 0 Å². The number of nitrogens with one attached hydrogen (secondary N) is 1. The zero-order valence-electron chi connectivity index (χ0n) is 9.71. The first-order valence-corrected chi connectivity index (χ1v) is 5.52. The maximum absolute atomic E-state index is 9.91. The van der Waals surface area contributed by atoms with Crippen molar-refractivity contribution >= 4 is 11.0 Å². The van der Waals surface area contributed by atoms with Gasteiger partial charge in [-0.25, -0.2) is 0 Å². The number of aryl methyl sites for hydroxylation is 1. The van der Waals surface area contributed by atoms with Gasteiger partial charge >= 0.3 is 0 Å². The Labute approximate surface area is 103 Å². The van der Waals surface area contributed by atoms with Gasteiger partial charge in [0.25, 0.3) is 0 Å². The molecule has 0 aliphatic heterocycles. The summed E-state index contributed by atoms with van der Waals surface area (Å²) >= 11 is 0. The fourth-order valence-corrected chi connectivity index (χ4v) is 1.76. The van der Waals surface area contributed by atoms with Crippen molar-refractivity contribution in [1.82, 2.24) is 15.4 Å². The Hall–Kier alpha value is -2.56. The quantitative estimate of drug-likeness (QED) is 0.723. The number of phenols is 1. The molecule has 18 heavy (non-hydrogen) atoms. The molecule has 0 saturated heterocycles. The number of benzene rings is 2. The third-order valence-electron chi connectivity index (χ3n) is 2.74. The molecule has 0 bridgehead atoms. The molecule has 0 aliphatic rings. The number of hydrogen-bond acceptors (Lipinski definition) is 4. The fraction of sp³-hybridized carbons (Fsp3) is 0.0769. The van der Waals surface area contributed by atoms with Gasteiger partial charge in [0, 0.05) is 0 Å². The Bertz CT molecular complexity index is 706. The maximum Gasteiger partial charge on any atom is 0.169 e. The van der Waals surface area contributed by atoms with Gasteiger partial charge in [0.05, 0.1) is 5.52 Å². The Morgan fingerprint density at radius 3 is 2.78 bits per heavy atom. The van der Waals surface area contributed by atoms with Gasteiger partial charge in [0.15, 0.2) is 22.8 Å². The fourth-order valence-electron chi connectivity index (χ4n) is 1.76. The summed E-state index contributed by atoms with van der Waals surface area (Å²) < 4.78 is 5.69. The molecule has 2 aromatic carbocycles. The molecule has 0 atom stereocenters. The van der Waals surface area contributed by atoms with E-state index in [0.717, 1.165) is 11.1 Å². The minimum absolute atomic E-state index is 0.137. The number of aromatic hydroxyl groups is 1. The third kappa shape index (κ3) is 1.66. The van der Waals surface area contributed by atoms with E-state index >= 15 is 0 Å². The van der Waals surface area contributed by atoms with Gasteiger partial charge in [-0.1, -0.05) is 23.4 Å². The number of aromatic amines is 1. The van der Waals surface area contributed by atoms with Crippen LogP contribution in [0.15, 0.2) is 36.4 Å². The molecule has 2 N–H and O–H groups in total. The molecule has 5 nitrogen and oxygen atoms in total.